The summed E-state index contributed by atoms with van der Waals surface area (Å²) >= 11 is 7.38. The zero-order chi connectivity index (χ0) is 27.9. The van der Waals surface area contributed by atoms with E-state index in [2.05, 4.69) is 20.5 Å². The standard InChI is InChI=1S/C28H30ClFN4O4S/c1-17(35)16-34-11-9-20(10-12-34)38-25-14-21(39-2)5-7-23(25)28(37)32-24-13-19(30)4-6-22(24)27(36)33-26-8-3-18(29)15-31-26/h3-8,13-15,17,20,35H,9-12,16H2,1-2H3,(H,32,37)(H,31,33,36). The van der Waals surface area contributed by atoms with E-state index in [1.165, 1.54) is 30.1 Å². The second kappa shape index (κ2) is 13.3. The predicted molar refractivity (Wildman–Crippen MR) is 152 cm³/mol. The summed E-state index contributed by atoms with van der Waals surface area (Å²) in [5, 5.41) is 15.4. The fraction of sp³-hybridized carbons (Fsp3) is 0.321. The van der Waals surface area contributed by atoms with Crippen LogP contribution in [0.4, 0.5) is 15.9 Å². The van der Waals surface area contributed by atoms with Crippen LogP contribution in [-0.2, 0) is 0 Å². The lowest BCUT2D eigenvalue weighted by molar-refractivity contribution is 0.0664. The zero-order valence-electron chi connectivity index (χ0n) is 21.6. The molecule has 0 radical (unpaired) electrons. The number of aliphatic hydroxyl groups is 1. The van der Waals surface area contributed by atoms with E-state index in [1.54, 1.807) is 19.1 Å². The number of carbonyl (C=O) groups excluding carboxylic acids is 2. The number of carbonyl (C=O) groups is 2. The van der Waals surface area contributed by atoms with Gasteiger partial charge in [-0.05, 0) is 74.6 Å². The number of hydrogen-bond acceptors (Lipinski definition) is 7. The number of nitrogens with zero attached hydrogens (tertiary/aromatic N) is 2. The van der Waals surface area contributed by atoms with Crippen LogP contribution in [0, 0.1) is 5.82 Å². The van der Waals surface area contributed by atoms with E-state index in [-0.39, 0.29) is 28.7 Å². The van der Waals surface area contributed by atoms with Gasteiger partial charge in [0.2, 0.25) is 0 Å². The summed E-state index contributed by atoms with van der Waals surface area (Å²) in [6, 6.07) is 11.9. The van der Waals surface area contributed by atoms with Gasteiger partial charge in [-0.3, -0.25) is 9.59 Å². The minimum atomic E-state index is -0.607. The number of likely N-dealkylation sites (tertiary alicyclic amines) is 1. The van der Waals surface area contributed by atoms with Crippen molar-refractivity contribution in [2.24, 2.45) is 0 Å². The molecule has 4 rings (SSSR count). The van der Waals surface area contributed by atoms with Crippen LogP contribution in [0.3, 0.4) is 0 Å². The van der Waals surface area contributed by atoms with Gasteiger partial charge in [-0.2, -0.15) is 0 Å². The molecule has 3 N–H and O–H groups in total. The number of aliphatic hydroxyl groups excluding tert-OH is 1. The highest BCUT2D eigenvalue weighted by atomic mass is 35.5. The second-order valence-electron chi connectivity index (χ2n) is 9.29. The number of β-amino-alcohol motifs (C(OH)–C–C–N with tert-alkyl or cyclic N) is 1. The van der Waals surface area contributed by atoms with E-state index in [0.717, 1.165) is 43.0 Å². The highest BCUT2D eigenvalue weighted by Gasteiger charge is 2.24. The van der Waals surface area contributed by atoms with Crippen LogP contribution in [0.25, 0.3) is 0 Å². The third-order valence-corrected chi connectivity index (χ3v) is 7.18. The molecule has 0 saturated carbocycles. The molecule has 8 nitrogen and oxygen atoms in total. The normalized spacial score (nSPS) is 15.0. The Labute approximate surface area is 235 Å². The lowest BCUT2D eigenvalue weighted by Gasteiger charge is -2.33. The number of halogens is 2. The maximum Gasteiger partial charge on any atom is 0.259 e. The molecule has 1 aliphatic rings. The summed E-state index contributed by atoms with van der Waals surface area (Å²) < 4.78 is 20.5. The van der Waals surface area contributed by atoms with Gasteiger partial charge in [0.05, 0.1) is 27.9 Å². The molecule has 0 spiro atoms. The number of anilines is 2. The molecule has 0 bridgehead atoms. The molecule has 3 aromatic rings. The summed E-state index contributed by atoms with van der Waals surface area (Å²) in [6.07, 6.45) is 4.34. The van der Waals surface area contributed by atoms with Gasteiger partial charge in [-0.25, -0.2) is 9.37 Å². The van der Waals surface area contributed by atoms with Gasteiger partial charge < -0.3 is 25.4 Å². The van der Waals surface area contributed by atoms with Crippen molar-refractivity contribution in [2.75, 3.05) is 36.5 Å². The van der Waals surface area contributed by atoms with Crippen molar-refractivity contribution < 1.29 is 23.8 Å². The first-order valence-electron chi connectivity index (χ1n) is 12.5. The predicted octanol–water partition coefficient (Wildman–Crippen LogP) is 5.32. The molecule has 2 aromatic carbocycles. The Morgan fingerprint density at radius 1 is 1.13 bits per heavy atom. The van der Waals surface area contributed by atoms with Gasteiger partial charge in [-0.1, -0.05) is 11.6 Å². The third-order valence-electron chi connectivity index (χ3n) is 6.23. The molecular weight excluding hydrogens is 543 g/mol. The number of hydrogen-bond donors (Lipinski definition) is 3. The highest BCUT2D eigenvalue weighted by Crippen LogP contribution is 2.30. The molecule has 1 atom stereocenters. The van der Waals surface area contributed by atoms with Gasteiger partial charge in [0.25, 0.3) is 11.8 Å². The molecule has 1 aromatic heterocycles. The van der Waals surface area contributed by atoms with Crippen molar-refractivity contribution in [1.29, 1.82) is 0 Å². The van der Waals surface area contributed by atoms with Gasteiger partial charge in [-0.15, -0.1) is 11.8 Å². The van der Waals surface area contributed by atoms with Crippen molar-refractivity contribution in [2.45, 2.75) is 36.9 Å². The molecule has 2 amide bonds. The molecule has 1 unspecified atom stereocenters. The molecule has 1 fully saturated rings. The topological polar surface area (TPSA) is 104 Å². The molecule has 11 heteroatoms. The summed E-state index contributed by atoms with van der Waals surface area (Å²) in [6.45, 7) is 3.94. The minimum Gasteiger partial charge on any atom is -0.489 e. The number of ether oxygens (including phenoxy) is 1. The van der Waals surface area contributed by atoms with E-state index < -0.39 is 23.7 Å². The maximum atomic E-state index is 14.2. The van der Waals surface area contributed by atoms with Gasteiger partial charge in [0.1, 0.15) is 23.5 Å². The van der Waals surface area contributed by atoms with Crippen LogP contribution in [0.5, 0.6) is 5.75 Å². The first kappa shape index (κ1) is 28.8. The number of rotatable bonds is 9. The van der Waals surface area contributed by atoms with E-state index in [0.29, 0.717) is 17.3 Å². The van der Waals surface area contributed by atoms with Crippen LogP contribution in [0.2, 0.25) is 5.02 Å². The van der Waals surface area contributed by atoms with E-state index in [9.17, 15) is 19.1 Å². The lowest BCUT2D eigenvalue weighted by Crippen LogP contribution is -2.41. The molecule has 1 aliphatic heterocycles. The summed E-state index contributed by atoms with van der Waals surface area (Å²) in [5.74, 6) is -1.04. The summed E-state index contributed by atoms with van der Waals surface area (Å²) in [7, 11) is 0. The second-order valence-corrected chi connectivity index (χ2v) is 10.6. The largest absolute Gasteiger partial charge is 0.489 e. The number of thioether (sulfide) groups is 1. The third kappa shape index (κ3) is 7.92. The van der Waals surface area contributed by atoms with Gasteiger partial charge >= 0.3 is 0 Å². The molecular formula is C28H30ClFN4O4S. The van der Waals surface area contributed by atoms with Crippen LogP contribution in [0.15, 0.2) is 59.6 Å². The van der Waals surface area contributed by atoms with Crippen molar-refractivity contribution in [1.82, 2.24) is 9.88 Å². The molecule has 0 aliphatic carbocycles. The van der Waals surface area contributed by atoms with Crippen molar-refractivity contribution >= 4 is 46.7 Å². The summed E-state index contributed by atoms with van der Waals surface area (Å²) in [4.78, 5) is 33.5. The number of pyridine rings is 1. The van der Waals surface area contributed by atoms with Gasteiger partial charge in [0, 0.05) is 30.7 Å². The first-order valence-corrected chi connectivity index (χ1v) is 14.1. The van der Waals surface area contributed by atoms with E-state index in [4.69, 9.17) is 16.3 Å². The fourth-order valence-corrected chi connectivity index (χ4v) is 4.86. The van der Waals surface area contributed by atoms with Crippen LogP contribution in [0.1, 0.15) is 40.5 Å². The molecule has 39 heavy (non-hydrogen) atoms. The number of amides is 2. The maximum absolute atomic E-state index is 14.2. The summed E-state index contributed by atoms with van der Waals surface area (Å²) in [5.41, 5.74) is 0.349. The number of nitrogens with one attached hydrogen (secondary N) is 2. The van der Waals surface area contributed by atoms with Crippen molar-refractivity contribution in [3.05, 3.63) is 76.7 Å². The molecule has 2 heterocycles. The molecule has 206 valence electrons. The Balaban J connectivity index is 1.52. The average Bonchev–Trinajstić information content (AvgIpc) is 2.90. The van der Waals surface area contributed by atoms with E-state index >= 15 is 0 Å². The Kier molecular flexibility index (Phi) is 9.79. The zero-order valence-corrected chi connectivity index (χ0v) is 23.2. The number of benzene rings is 2. The number of piperidine rings is 1. The van der Waals surface area contributed by atoms with E-state index in [1.807, 2.05) is 18.4 Å². The average molecular weight is 573 g/mol. The Hall–Kier alpha value is -3.18. The van der Waals surface area contributed by atoms with Gasteiger partial charge in [0.15, 0.2) is 0 Å². The quantitative estimate of drug-likeness (QED) is 0.298. The van der Waals surface area contributed by atoms with Crippen molar-refractivity contribution in [3.63, 3.8) is 0 Å². The van der Waals surface area contributed by atoms with Crippen molar-refractivity contribution in [3.8, 4) is 5.75 Å². The Bertz CT molecular complexity index is 1320. The SMILES string of the molecule is CSc1ccc(C(=O)Nc2cc(F)ccc2C(=O)Nc2ccc(Cl)cn2)c(OC2CCN(CC(C)O)CC2)c1. The van der Waals surface area contributed by atoms with Crippen LogP contribution >= 0.6 is 23.4 Å². The first-order chi connectivity index (χ1) is 18.7. The van der Waals surface area contributed by atoms with Crippen LogP contribution in [-0.4, -0.2) is 64.9 Å². The smallest absolute Gasteiger partial charge is 0.259 e. The fourth-order valence-electron chi connectivity index (χ4n) is 4.32. The minimum absolute atomic E-state index is 0.0118. The highest BCUT2D eigenvalue weighted by molar-refractivity contribution is 7.98. The van der Waals surface area contributed by atoms with Crippen LogP contribution < -0.4 is 15.4 Å². The lowest BCUT2D eigenvalue weighted by atomic mass is 10.1. The Morgan fingerprint density at radius 3 is 2.51 bits per heavy atom. The number of aromatic nitrogens is 1. The monoisotopic (exact) mass is 572 g/mol. The molecule has 1 saturated heterocycles. The Morgan fingerprint density at radius 2 is 1.85 bits per heavy atom.